The molecule has 0 unspecified atom stereocenters. The Morgan fingerprint density at radius 1 is 0.895 bits per heavy atom. The van der Waals surface area contributed by atoms with E-state index in [1.54, 1.807) is 23.0 Å². The molecule has 11 heteroatoms. The van der Waals surface area contributed by atoms with Gasteiger partial charge in [0, 0.05) is 24.6 Å². The molecule has 4 atom stereocenters. The van der Waals surface area contributed by atoms with Crippen molar-refractivity contribution in [3.05, 3.63) is 154 Å². The van der Waals surface area contributed by atoms with Gasteiger partial charge in [-0.3, -0.25) is 19.5 Å². The van der Waals surface area contributed by atoms with E-state index in [0.717, 1.165) is 22.1 Å². The monoisotopic (exact) mass is 780 g/mol. The number of aromatic amines is 1. The summed E-state index contributed by atoms with van der Waals surface area (Å²) in [5, 5.41) is 15.1. The summed E-state index contributed by atoms with van der Waals surface area (Å²) >= 11 is 0. The van der Waals surface area contributed by atoms with Crippen molar-refractivity contribution in [3.8, 4) is 11.4 Å². The molecule has 3 heterocycles. The Balaban J connectivity index is 1.27. The molecule has 292 valence electrons. The van der Waals surface area contributed by atoms with Crippen molar-refractivity contribution in [3.63, 3.8) is 0 Å². The fourth-order valence-electron chi connectivity index (χ4n) is 9.32. The van der Waals surface area contributed by atoms with Gasteiger partial charge in [-0.1, -0.05) is 110 Å². The molecule has 8 rings (SSSR count). The summed E-state index contributed by atoms with van der Waals surface area (Å²) in [5.74, 6) is 0.0308. The largest absolute Gasteiger partial charge is 0.497 e. The number of nitrogens with zero attached hydrogens (tertiary/aromatic N) is 3. The molecule has 1 spiro atoms. The lowest BCUT2D eigenvalue weighted by Crippen LogP contribution is -2.52. The summed E-state index contributed by atoms with van der Waals surface area (Å²) in [4.78, 5) is 47.2. The quantitative estimate of drug-likeness (QED) is 0.137. The molecule has 10 nitrogen and oxygen atoms in total. The van der Waals surface area contributed by atoms with Crippen LogP contribution in [-0.2, 0) is 33.0 Å². The minimum Gasteiger partial charge on any atom is -0.497 e. The number of rotatable bonds is 12. The summed E-state index contributed by atoms with van der Waals surface area (Å²) in [7, 11) is -0.940. The van der Waals surface area contributed by atoms with E-state index in [4.69, 9.17) is 9.47 Å². The minimum atomic E-state index is -2.58. The van der Waals surface area contributed by atoms with E-state index >= 15 is 4.79 Å². The third kappa shape index (κ3) is 6.69. The molecule has 1 aromatic heterocycles. The Morgan fingerprint density at radius 3 is 2.23 bits per heavy atom. The number of aliphatic hydroxyl groups excluding tert-OH is 1. The van der Waals surface area contributed by atoms with Gasteiger partial charge in [0.2, 0.25) is 5.91 Å². The third-order valence-electron chi connectivity index (χ3n) is 12.2. The summed E-state index contributed by atoms with van der Waals surface area (Å²) in [5.41, 5.74) is 2.75. The fourth-order valence-corrected chi connectivity index (χ4v) is 13.3. The van der Waals surface area contributed by atoms with E-state index in [-0.39, 0.29) is 48.4 Å². The van der Waals surface area contributed by atoms with Crippen LogP contribution in [0.1, 0.15) is 30.0 Å². The minimum absolute atomic E-state index is 0.0264. The molecule has 6 aromatic rings. The summed E-state index contributed by atoms with van der Waals surface area (Å²) < 4.78 is 14.4. The maximum Gasteiger partial charge on any atom is 0.279 e. The van der Waals surface area contributed by atoms with Gasteiger partial charge in [0.15, 0.2) is 5.60 Å². The van der Waals surface area contributed by atoms with E-state index in [1.165, 1.54) is 4.68 Å². The first-order chi connectivity index (χ1) is 27.6. The van der Waals surface area contributed by atoms with Gasteiger partial charge >= 0.3 is 0 Å². The average Bonchev–Trinajstić information content (AvgIpc) is 3.81. The van der Waals surface area contributed by atoms with Crippen LogP contribution in [0.15, 0.2) is 132 Å². The fraction of sp³-hybridized carbons (Fsp3) is 0.283. The highest BCUT2D eigenvalue weighted by atomic mass is 28.3. The highest BCUT2D eigenvalue weighted by molar-refractivity contribution is 6.91. The number of nitrogens with one attached hydrogen (secondary N) is 1. The second kappa shape index (κ2) is 15.3. The predicted molar refractivity (Wildman–Crippen MR) is 225 cm³/mol. The van der Waals surface area contributed by atoms with Gasteiger partial charge < -0.3 is 24.4 Å². The smallest absolute Gasteiger partial charge is 0.279 e. The van der Waals surface area contributed by atoms with Crippen LogP contribution in [0.3, 0.4) is 0 Å². The van der Waals surface area contributed by atoms with Crippen molar-refractivity contribution < 1.29 is 24.2 Å². The standard InChI is InChI=1S/C46H48N4O6Si/c1-31-43(57(3,4)36-22-20-35(55-2)21-23-36)41(28-42(52)48(25-26-51)29-32-13-7-5-8-14-32)56-46(31)38-27-34(50-44(53)37-17-11-12-18-39(37)47-50)19-24-40(38)49(45(46)54)30-33-15-9-6-10-16-33/h5-24,27,31,41,43,47,51H,25-26,28-30H2,1-4H3/t31-,41+,43-,46+/m1/s1. The van der Waals surface area contributed by atoms with E-state index in [1.807, 2.05) is 109 Å². The number of H-pyrrole nitrogens is 1. The van der Waals surface area contributed by atoms with Crippen molar-refractivity contribution in [1.29, 1.82) is 0 Å². The Hall–Kier alpha value is -5.75. The first-order valence-corrected chi connectivity index (χ1v) is 22.6. The van der Waals surface area contributed by atoms with Crippen LogP contribution >= 0.6 is 0 Å². The Labute approximate surface area is 333 Å². The number of carbonyl (C=O) groups is 2. The Kier molecular flexibility index (Phi) is 10.2. The van der Waals surface area contributed by atoms with Gasteiger partial charge in [0.05, 0.1) is 63.1 Å². The summed E-state index contributed by atoms with van der Waals surface area (Å²) in [6.07, 6.45) is -0.611. The highest BCUT2D eigenvalue weighted by Crippen LogP contribution is 2.60. The number of ether oxygens (including phenoxy) is 2. The summed E-state index contributed by atoms with van der Waals surface area (Å²) in [6.45, 7) is 7.31. The molecule has 1 saturated heterocycles. The number of benzene rings is 5. The van der Waals surface area contributed by atoms with Crippen molar-refractivity contribution in [2.75, 3.05) is 25.2 Å². The van der Waals surface area contributed by atoms with E-state index in [2.05, 4.69) is 37.2 Å². The van der Waals surface area contributed by atoms with Crippen LogP contribution in [0.4, 0.5) is 5.69 Å². The van der Waals surface area contributed by atoms with E-state index in [0.29, 0.717) is 40.9 Å². The van der Waals surface area contributed by atoms with Crippen LogP contribution < -0.4 is 20.4 Å². The number of methoxy groups -OCH3 is 1. The van der Waals surface area contributed by atoms with Crippen LogP contribution in [0, 0.1) is 5.92 Å². The molecule has 57 heavy (non-hydrogen) atoms. The number of fused-ring (bicyclic) bond motifs is 3. The maximum atomic E-state index is 15.5. The van der Waals surface area contributed by atoms with Crippen molar-refractivity contribution in [1.82, 2.24) is 14.7 Å². The lowest BCUT2D eigenvalue weighted by molar-refractivity contribution is -0.150. The maximum absolute atomic E-state index is 15.5. The van der Waals surface area contributed by atoms with Crippen LogP contribution in [-0.4, -0.2) is 66.0 Å². The lowest BCUT2D eigenvalue weighted by atomic mass is 9.82. The Bertz CT molecular complexity index is 2470. The molecule has 0 aliphatic carbocycles. The zero-order chi connectivity index (χ0) is 39.9. The van der Waals surface area contributed by atoms with E-state index < -0.39 is 19.8 Å². The van der Waals surface area contributed by atoms with Crippen LogP contribution in [0.5, 0.6) is 5.75 Å². The first kappa shape index (κ1) is 38.1. The number of hydrogen-bond acceptors (Lipinski definition) is 6. The molecule has 0 radical (unpaired) electrons. The van der Waals surface area contributed by atoms with Gasteiger partial charge in [-0.15, -0.1) is 0 Å². The molecule has 1 fully saturated rings. The number of hydrogen-bond donors (Lipinski definition) is 2. The Morgan fingerprint density at radius 2 is 1.56 bits per heavy atom. The number of carbonyl (C=O) groups excluding carboxylic acids is 2. The van der Waals surface area contributed by atoms with Gasteiger partial charge in [0.25, 0.3) is 11.5 Å². The zero-order valence-electron chi connectivity index (χ0n) is 32.7. The number of anilines is 1. The molecule has 2 aliphatic rings. The van der Waals surface area contributed by atoms with Gasteiger partial charge in [0.1, 0.15) is 5.75 Å². The van der Waals surface area contributed by atoms with Crippen LogP contribution in [0.2, 0.25) is 18.6 Å². The SMILES string of the molecule is COc1ccc([Si](C)(C)[C@H]2[C@H](CC(=O)N(CCO)Cc3ccccc3)O[C@@]3(C(=O)N(Cc4ccccc4)c4ccc(-n5[nH]c6ccccc6c5=O)cc43)[C@@H]2C)cc1. The number of aliphatic hydroxyl groups is 1. The normalized spacial score (nSPS) is 20.3. The second-order valence-corrected chi connectivity index (χ2v) is 20.4. The molecular weight excluding hydrogens is 733 g/mol. The molecular formula is C46H48N4O6Si. The van der Waals surface area contributed by atoms with Gasteiger partial charge in [-0.05, 0) is 59.1 Å². The highest BCUT2D eigenvalue weighted by Gasteiger charge is 2.66. The summed E-state index contributed by atoms with van der Waals surface area (Å²) in [6, 6.07) is 40.8. The lowest BCUT2D eigenvalue weighted by Gasteiger charge is -2.37. The zero-order valence-corrected chi connectivity index (χ0v) is 33.7. The topological polar surface area (TPSA) is 117 Å². The van der Waals surface area contributed by atoms with Crippen molar-refractivity contribution in [2.24, 2.45) is 5.92 Å². The van der Waals surface area contributed by atoms with Crippen LogP contribution in [0.25, 0.3) is 16.6 Å². The third-order valence-corrected chi connectivity index (χ3v) is 16.5. The average molecular weight is 781 g/mol. The van der Waals surface area contributed by atoms with Gasteiger partial charge in [-0.25, -0.2) is 4.68 Å². The number of aromatic nitrogens is 2. The van der Waals surface area contributed by atoms with Crippen molar-refractivity contribution >= 4 is 41.7 Å². The molecule has 0 bridgehead atoms. The number of amides is 2. The molecule has 0 saturated carbocycles. The molecule has 2 amide bonds. The number of para-hydroxylation sites is 1. The molecule has 2 N–H and O–H groups in total. The second-order valence-electron chi connectivity index (χ2n) is 15.8. The molecule has 5 aromatic carbocycles. The predicted octanol–water partition coefficient (Wildman–Crippen LogP) is 6.50. The molecule has 2 aliphatic heterocycles. The van der Waals surface area contributed by atoms with Gasteiger partial charge in [-0.2, -0.15) is 0 Å². The first-order valence-electron chi connectivity index (χ1n) is 19.5. The van der Waals surface area contributed by atoms with Crippen molar-refractivity contribution in [2.45, 2.75) is 56.8 Å². The van der Waals surface area contributed by atoms with E-state index in [9.17, 15) is 14.7 Å².